The minimum absolute atomic E-state index is 0.0862. The summed E-state index contributed by atoms with van der Waals surface area (Å²) >= 11 is 6.04. The van der Waals surface area contributed by atoms with Gasteiger partial charge in [-0.1, -0.05) is 29.8 Å². The van der Waals surface area contributed by atoms with E-state index >= 15 is 0 Å². The first-order valence-corrected chi connectivity index (χ1v) is 7.24. The Morgan fingerprint density at radius 2 is 1.90 bits per heavy atom. The number of hydrogen-bond acceptors (Lipinski definition) is 2. The zero-order valence-corrected chi connectivity index (χ0v) is 12.8. The number of nitrogens with two attached hydrogens (primary N) is 1. The molecule has 0 spiro atoms. The molecule has 1 heterocycles. The van der Waals surface area contributed by atoms with Gasteiger partial charge in [0.1, 0.15) is 0 Å². The molecule has 2 aromatic rings. The van der Waals surface area contributed by atoms with Crippen molar-refractivity contribution in [1.82, 2.24) is 0 Å². The molecule has 2 N–H and O–H groups in total. The quantitative estimate of drug-likeness (QED) is 0.859. The Kier molecular flexibility index (Phi) is 3.18. The van der Waals surface area contributed by atoms with Crippen LogP contribution in [0.2, 0.25) is 5.02 Å². The summed E-state index contributed by atoms with van der Waals surface area (Å²) in [7, 11) is 0. The number of para-hydroxylation sites is 1. The standard InChI is InChI=1S/C17H17ClN2O/c1-17(2)13-5-3-4-6-15(13)20(16(17)21)10-11-9-12(18)7-8-14(11)19/h3-9H,10,19H2,1-2H3. The molecule has 0 aromatic heterocycles. The minimum Gasteiger partial charge on any atom is -0.398 e. The normalized spacial score (nSPS) is 16.1. The van der Waals surface area contributed by atoms with Crippen LogP contribution >= 0.6 is 11.6 Å². The molecule has 0 saturated heterocycles. The van der Waals surface area contributed by atoms with Crippen molar-refractivity contribution in [2.24, 2.45) is 0 Å². The van der Waals surface area contributed by atoms with Gasteiger partial charge in [0.15, 0.2) is 0 Å². The number of rotatable bonds is 2. The van der Waals surface area contributed by atoms with E-state index in [1.807, 2.05) is 44.2 Å². The number of hydrogen-bond donors (Lipinski definition) is 1. The Morgan fingerprint density at radius 3 is 2.67 bits per heavy atom. The molecular weight excluding hydrogens is 284 g/mol. The van der Waals surface area contributed by atoms with Gasteiger partial charge in [0.05, 0.1) is 12.0 Å². The average Bonchev–Trinajstić information content (AvgIpc) is 2.65. The fraction of sp³-hybridized carbons (Fsp3) is 0.235. The van der Waals surface area contributed by atoms with E-state index in [1.165, 1.54) is 0 Å². The zero-order chi connectivity index (χ0) is 15.2. The number of amides is 1. The molecule has 0 atom stereocenters. The number of nitrogens with zero attached hydrogens (tertiary/aromatic N) is 1. The van der Waals surface area contributed by atoms with E-state index in [4.69, 9.17) is 17.3 Å². The maximum atomic E-state index is 12.7. The zero-order valence-electron chi connectivity index (χ0n) is 12.1. The third-order valence-electron chi connectivity index (χ3n) is 4.08. The van der Waals surface area contributed by atoms with E-state index < -0.39 is 5.41 Å². The molecule has 4 heteroatoms. The fourth-order valence-corrected chi connectivity index (χ4v) is 3.03. The fourth-order valence-electron chi connectivity index (χ4n) is 2.84. The number of fused-ring (bicyclic) bond motifs is 1. The van der Waals surface area contributed by atoms with Crippen LogP contribution in [0, 0.1) is 0 Å². The maximum Gasteiger partial charge on any atom is 0.237 e. The molecule has 0 fully saturated rings. The molecule has 0 aliphatic carbocycles. The van der Waals surface area contributed by atoms with Gasteiger partial charge in [-0.3, -0.25) is 4.79 Å². The highest BCUT2D eigenvalue weighted by atomic mass is 35.5. The van der Waals surface area contributed by atoms with Crippen molar-refractivity contribution in [3.05, 3.63) is 58.6 Å². The van der Waals surface area contributed by atoms with Gasteiger partial charge >= 0.3 is 0 Å². The van der Waals surface area contributed by atoms with Gasteiger partial charge in [0.25, 0.3) is 0 Å². The monoisotopic (exact) mass is 300 g/mol. The van der Waals surface area contributed by atoms with E-state index in [9.17, 15) is 4.79 Å². The van der Waals surface area contributed by atoms with Crippen LogP contribution in [0.25, 0.3) is 0 Å². The van der Waals surface area contributed by atoms with Crippen molar-refractivity contribution in [1.29, 1.82) is 0 Å². The SMILES string of the molecule is CC1(C)C(=O)N(Cc2cc(Cl)ccc2N)c2ccccc21. The first kappa shape index (κ1) is 14.0. The van der Waals surface area contributed by atoms with Gasteiger partial charge in [-0.15, -0.1) is 0 Å². The number of carbonyl (C=O) groups is 1. The second-order valence-electron chi connectivity index (χ2n) is 5.88. The number of nitrogen functional groups attached to an aromatic ring is 1. The van der Waals surface area contributed by atoms with Crippen molar-refractivity contribution in [3.8, 4) is 0 Å². The lowest BCUT2D eigenvalue weighted by Gasteiger charge is -2.21. The van der Waals surface area contributed by atoms with Crippen LogP contribution in [0.1, 0.15) is 25.0 Å². The smallest absolute Gasteiger partial charge is 0.237 e. The van der Waals surface area contributed by atoms with Crippen LogP contribution in [0.5, 0.6) is 0 Å². The molecule has 3 nitrogen and oxygen atoms in total. The Bertz CT molecular complexity index is 724. The molecule has 108 valence electrons. The lowest BCUT2D eigenvalue weighted by Crippen LogP contribution is -2.35. The molecule has 0 radical (unpaired) electrons. The van der Waals surface area contributed by atoms with Crippen LogP contribution in [-0.2, 0) is 16.8 Å². The molecule has 21 heavy (non-hydrogen) atoms. The molecule has 0 bridgehead atoms. The van der Waals surface area contributed by atoms with Crippen LogP contribution in [-0.4, -0.2) is 5.91 Å². The van der Waals surface area contributed by atoms with Gasteiger partial charge in [0.2, 0.25) is 5.91 Å². The van der Waals surface area contributed by atoms with Crippen molar-refractivity contribution in [3.63, 3.8) is 0 Å². The largest absolute Gasteiger partial charge is 0.398 e. The van der Waals surface area contributed by atoms with E-state index in [-0.39, 0.29) is 5.91 Å². The average molecular weight is 301 g/mol. The third-order valence-corrected chi connectivity index (χ3v) is 4.32. The Hall–Kier alpha value is -2.00. The highest BCUT2D eigenvalue weighted by Crippen LogP contribution is 2.42. The van der Waals surface area contributed by atoms with E-state index in [0.29, 0.717) is 17.3 Å². The summed E-state index contributed by atoms with van der Waals surface area (Å²) in [6.07, 6.45) is 0. The molecule has 1 aliphatic rings. The Labute approximate surface area is 129 Å². The minimum atomic E-state index is -0.510. The van der Waals surface area contributed by atoms with Crippen molar-refractivity contribution < 1.29 is 4.79 Å². The van der Waals surface area contributed by atoms with Gasteiger partial charge in [-0.05, 0) is 49.2 Å². The number of anilines is 2. The maximum absolute atomic E-state index is 12.7. The summed E-state index contributed by atoms with van der Waals surface area (Å²) < 4.78 is 0. The Morgan fingerprint density at radius 1 is 1.19 bits per heavy atom. The highest BCUT2D eigenvalue weighted by molar-refractivity contribution is 6.30. The predicted octanol–water partition coefficient (Wildman–Crippen LogP) is 3.75. The summed E-state index contributed by atoms with van der Waals surface area (Å²) in [5.74, 6) is 0.0862. The predicted molar refractivity (Wildman–Crippen MR) is 86.5 cm³/mol. The first-order chi connectivity index (χ1) is 9.91. The highest BCUT2D eigenvalue weighted by Gasteiger charge is 2.43. The summed E-state index contributed by atoms with van der Waals surface area (Å²) in [5.41, 5.74) is 9.01. The summed E-state index contributed by atoms with van der Waals surface area (Å²) in [4.78, 5) is 14.5. The summed E-state index contributed by atoms with van der Waals surface area (Å²) in [6, 6.07) is 13.2. The summed E-state index contributed by atoms with van der Waals surface area (Å²) in [5, 5.41) is 0.624. The van der Waals surface area contributed by atoms with Crippen molar-refractivity contribution >= 4 is 28.9 Å². The second-order valence-corrected chi connectivity index (χ2v) is 6.31. The van der Waals surface area contributed by atoms with Crippen molar-refractivity contribution in [2.75, 3.05) is 10.6 Å². The second kappa shape index (κ2) is 4.78. The lowest BCUT2D eigenvalue weighted by atomic mass is 9.86. The summed E-state index contributed by atoms with van der Waals surface area (Å²) in [6.45, 7) is 4.34. The molecule has 2 aromatic carbocycles. The van der Waals surface area contributed by atoms with Crippen LogP contribution < -0.4 is 10.6 Å². The van der Waals surface area contributed by atoms with Gasteiger partial charge < -0.3 is 10.6 Å². The number of carbonyl (C=O) groups excluding carboxylic acids is 1. The van der Waals surface area contributed by atoms with Crippen molar-refractivity contribution in [2.45, 2.75) is 25.8 Å². The van der Waals surface area contributed by atoms with Gasteiger partial charge in [-0.2, -0.15) is 0 Å². The van der Waals surface area contributed by atoms with Gasteiger partial charge in [-0.25, -0.2) is 0 Å². The molecule has 1 amide bonds. The van der Waals surface area contributed by atoms with E-state index in [1.54, 1.807) is 17.0 Å². The Balaban J connectivity index is 2.04. The topological polar surface area (TPSA) is 46.3 Å². The molecule has 1 aliphatic heterocycles. The van der Waals surface area contributed by atoms with E-state index in [0.717, 1.165) is 16.8 Å². The van der Waals surface area contributed by atoms with Gasteiger partial charge in [0, 0.05) is 16.4 Å². The molecular formula is C17H17ClN2O. The third kappa shape index (κ3) is 2.18. The van der Waals surface area contributed by atoms with Crippen LogP contribution in [0.3, 0.4) is 0 Å². The first-order valence-electron chi connectivity index (χ1n) is 6.86. The van der Waals surface area contributed by atoms with Crippen LogP contribution in [0.4, 0.5) is 11.4 Å². The number of halogens is 1. The molecule has 0 saturated carbocycles. The van der Waals surface area contributed by atoms with Crippen LogP contribution in [0.15, 0.2) is 42.5 Å². The van der Waals surface area contributed by atoms with E-state index in [2.05, 4.69) is 0 Å². The lowest BCUT2D eigenvalue weighted by molar-refractivity contribution is -0.122. The molecule has 3 rings (SSSR count). The number of benzene rings is 2. The molecule has 0 unspecified atom stereocenters.